The van der Waals surface area contributed by atoms with Crippen molar-refractivity contribution in [2.45, 2.75) is 27.7 Å². The highest BCUT2D eigenvalue weighted by Crippen LogP contribution is 2.15. The smallest absolute Gasteiger partial charge is 0.241 e. The van der Waals surface area contributed by atoms with Gasteiger partial charge in [0.1, 0.15) is 0 Å². The van der Waals surface area contributed by atoms with E-state index in [0.29, 0.717) is 11.1 Å². The Morgan fingerprint density at radius 1 is 0.682 bits per heavy atom. The number of aryl methyl sites for hydroxylation is 4. The average Bonchev–Trinajstić information content (AvgIpc) is 2.49. The Balaban J connectivity index is 2.09. The molecule has 0 atom stereocenters. The summed E-state index contributed by atoms with van der Waals surface area (Å²) in [7, 11) is 0. The van der Waals surface area contributed by atoms with Crippen molar-refractivity contribution in [3.8, 4) is 0 Å². The van der Waals surface area contributed by atoms with Crippen molar-refractivity contribution in [2.75, 3.05) is 0 Å². The molecule has 4 nitrogen and oxygen atoms in total. The maximum absolute atomic E-state index is 12.0. The summed E-state index contributed by atoms with van der Waals surface area (Å²) < 4.78 is 0. The quantitative estimate of drug-likeness (QED) is 0.624. The van der Waals surface area contributed by atoms with Gasteiger partial charge in [0.05, 0.1) is 11.1 Å². The van der Waals surface area contributed by atoms with E-state index >= 15 is 0 Å². The molecule has 2 aromatic carbocycles. The van der Waals surface area contributed by atoms with Crippen molar-refractivity contribution < 1.29 is 19.4 Å². The lowest BCUT2D eigenvalue weighted by atomic mass is 10.1. The van der Waals surface area contributed by atoms with Crippen molar-refractivity contribution in [1.82, 2.24) is 0 Å². The molecule has 0 aromatic heterocycles. The molecule has 4 heteroatoms. The van der Waals surface area contributed by atoms with Crippen LogP contribution in [0, 0.1) is 27.7 Å². The Morgan fingerprint density at radius 3 is 1.41 bits per heavy atom. The van der Waals surface area contributed by atoms with Gasteiger partial charge < -0.3 is 0 Å². The number of hydrogen-bond donors (Lipinski definition) is 0. The topological polar surface area (TPSA) is 52.6 Å². The summed E-state index contributed by atoms with van der Waals surface area (Å²) in [6.45, 7) is 7.34. The van der Waals surface area contributed by atoms with Crippen LogP contribution in [0.25, 0.3) is 0 Å². The minimum atomic E-state index is -0.681. The van der Waals surface area contributed by atoms with Crippen LogP contribution in [-0.4, -0.2) is 11.9 Å². The molecule has 0 amide bonds. The van der Waals surface area contributed by atoms with Gasteiger partial charge in [0, 0.05) is 0 Å². The Morgan fingerprint density at radius 2 is 1.05 bits per heavy atom. The maximum Gasteiger partial charge on any atom is 0.386 e. The van der Waals surface area contributed by atoms with E-state index < -0.39 is 11.9 Å². The largest absolute Gasteiger partial charge is 0.386 e. The lowest BCUT2D eigenvalue weighted by Gasteiger charge is -2.08. The SMILES string of the molecule is Cc1ccc(C)c(C(=O)OOC(=O)c2cc(C)ccc2C)c1. The van der Waals surface area contributed by atoms with E-state index in [-0.39, 0.29) is 0 Å². The second kappa shape index (κ2) is 6.43. The molecule has 2 aromatic rings. The van der Waals surface area contributed by atoms with E-state index in [0.717, 1.165) is 22.3 Å². The second-order valence-electron chi connectivity index (χ2n) is 5.38. The van der Waals surface area contributed by atoms with E-state index in [1.54, 1.807) is 26.0 Å². The summed E-state index contributed by atoms with van der Waals surface area (Å²) in [5.74, 6) is -1.36. The fraction of sp³-hybridized carbons (Fsp3) is 0.222. The molecular formula is C18H18O4. The minimum absolute atomic E-state index is 0.383. The molecule has 0 saturated heterocycles. The Kier molecular flexibility index (Phi) is 4.61. The van der Waals surface area contributed by atoms with Gasteiger partial charge >= 0.3 is 11.9 Å². The zero-order valence-electron chi connectivity index (χ0n) is 13.1. The standard InChI is InChI=1S/C18H18O4/c1-11-5-7-13(3)15(9-11)17(19)21-22-18(20)16-10-12(2)6-8-14(16)4/h5-10H,1-4H3. The van der Waals surface area contributed by atoms with Crippen LogP contribution in [0.5, 0.6) is 0 Å². The molecule has 0 aliphatic heterocycles. The molecule has 0 heterocycles. The molecule has 114 valence electrons. The van der Waals surface area contributed by atoms with Gasteiger partial charge in [-0.05, 0) is 51.0 Å². The maximum atomic E-state index is 12.0. The highest BCUT2D eigenvalue weighted by atomic mass is 17.2. The molecule has 0 spiro atoms. The predicted molar refractivity (Wildman–Crippen MR) is 82.7 cm³/mol. The molecule has 0 unspecified atom stereocenters. The van der Waals surface area contributed by atoms with Gasteiger partial charge in [-0.3, -0.25) is 0 Å². The van der Waals surface area contributed by atoms with Crippen LogP contribution in [0.4, 0.5) is 0 Å². The van der Waals surface area contributed by atoms with E-state index in [4.69, 9.17) is 0 Å². The Hall–Kier alpha value is -2.62. The van der Waals surface area contributed by atoms with Crippen molar-refractivity contribution in [2.24, 2.45) is 0 Å². The van der Waals surface area contributed by atoms with E-state index in [9.17, 15) is 9.59 Å². The highest BCUT2D eigenvalue weighted by molar-refractivity contribution is 5.94. The lowest BCUT2D eigenvalue weighted by Crippen LogP contribution is -2.14. The van der Waals surface area contributed by atoms with Gasteiger partial charge in [-0.1, -0.05) is 35.4 Å². The number of carbonyl (C=O) groups is 2. The van der Waals surface area contributed by atoms with Crippen LogP contribution in [0.2, 0.25) is 0 Å². The molecule has 0 N–H and O–H groups in total. The molecule has 0 aliphatic rings. The third kappa shape index (κ3) is 3.52. The van der Waals surface area contributed by atoms with Crippen LogP contribution in [0.15, 0.2) is 36.4 Å². The van der Waals surface area contributed by atoms with Crippen molar-refractivity contribution in [1.29, 1.82) is 0 Å². The zero-order valence-corrected chi connectivity index (χ0v) is 13.1. The highest BCUT2D eigenvalue weighted by Gasteiger charge is 2.17. The van der Waals surface area contributed by atoms with Gasteiger partial charge in [0.25, 0.3) is 0 Å². The van der Waals surface area contributed by atoms with Gasteiger partial charge in [0.2, 0.25) is 0 Å². The second-order valence-corrected chi connectivity index (χ2v) is 5.38. The normalized spacial score (nSPS) is 10.2. The fourth-order valence-corrected chi connectivity index (χ4v) is 2.08. The molecule has 0 fully saturated rings. The molecule has 0 radical (unpaired) electrons. The van der Waals surface area contributed by atoms with Crippen molar-refractivity contribution >= 4 is 11.9 Å². The molecule has 0 saturated carbocycles. The number of benzene rings is 2. The molecule has 0 bridgehead atoms. The summed E-state index contributed by atoms with van der Waals surface area (Å²) in [5, 5.41) is 0. The zero-order chi connectivity index (χ0) is 16.3. The fourth-order valence-electron chi connectivity index (χ4n) is 2.08. The molecule has 22 heavy (non-hydrogen) atoms. The Bertz CT molecular complexity index is 668. The van der Waals surface area contributed by atoms with Gasteiger partial charge in [-0.15, -0.1) is 0 Å². The van der Waals surface area contributed by atoms with Crippen molar-refractivity contribution in [3.05, 3.63) is 69.8 Å². The summed E-state index contributed by atoms with van der Waals surface area (Å²) >= 11 is 0. The summed E-state index contributed by atoms with van der Waals surface area (Å²) in [6.07, 6.45) is 0. The van der Waals surface area contributed by atoms with Crippen molar-refractivity contribution in [3.63, 3.8) is 0 Å². The summed E-state index contributed by atoms with van der Waals surface area (Å²) in [4.78, 5) is 33.4. The summed E-state index contributed by atoms with van der Waals surface area (Å²) in [6, 6.07) is 10.8. The van der Waals surface area contributed by atoms with Gasteiger partial charge in [-0.25, -0.2) is 19.4 Å². The molecule has 0 aliphatic carbocycles. The van der Waals surface area contributed by atoms with Gasteiger partial charge in [0.15, 0.2) is 0 Å². The van der Waals surface area contributed by atoms with Crippen LogP contribution >= 0.6 is 0 Å². The lowest BCUT2D eigenvalue weighted by molar-refractivity contribution is -0.187. The van der Waals surface area contributed by atoms with Crippen LogP contribution in [-0.2, 0) is 9.78 Å². The minimum Gasteiger partial charge on any atom is -0.241 e. The van der Waals surface area contributed by atoms with Crippen LogP contribution in [0.1, 0.15) is 43.0 Å². The number of carbonyl (C=O) groups excluding carboxylic acids is 2. The third-order valence-corrected chi connectivity index (χ3v) is 3.42. The monoisotopic (exact) mass is 298 g/mol. The van der Waals surface area contributed by atoms with Crippen LogP contribution in [0.3, 0.4) is 0 Å². The van der Waals surface area contributed by atoms with E-state index in [1.807, 2.05) is 38.1 Å². The first kappa shape index (κ1) is 15.8. The first-order valence-corrected chi connectivity index (χ1v) is 6.96. The van der Waals surface area contributed by atoms with E-state index in [2.05, 4.69) is 9.78 Å². The average molecular weight is 298 g/mol. The first-order chi connectivity index (χ1) is 10.4. The first-order valence-electron chi connectivity index (χ1n) is 6.96. The predicted octanol–water partition coefficient (Wildman–Crippen LogP) is 3.85. The number of hydrogen-bond acceptors (Lipinski definition) is 4. The Labute approximate surface area is 129 Å². The summed E-state index contributed by atoms with van der Waals surface area (Å²) in [5.41, 5.74) is 4.15. The molecule has 2 rings (SSSR count). The van der Waals surface area contributed by atoms with Crippen LogP contribution < -0.4 is 0 Å². The van der Waals surface area contributed by atoms with E-state index in [1.165, 1.54) is 0 Å². The number of rotatable bonds is 2. The van der Waals surface area contributed by atoms with Gasteiger partial charge in [-0.2, -0.15) is 0 Å². The third-order valence-electron chi connectivity index (χ3n) is 3.42. The molecular weight excluding hydrogens is 280 g/mol.